The summed E-state index contributed by atoms with van der Waals surface area (Å²) in [6.45, 7) is 2.71. The van der Waals surface area contributed by atoms with Crippen LogP contribution < -0.4 is 5.32 Å². The molecule has 2 aromatic rings. The first kappa shape index (κ1) is 13.5. The van der Waals surface area contributed by atoms with Crippen LogP contribution in [0.1, 0.15) is 10.4 Å². The lowest BCUT2D eigenvalue weighted by molar-refractivity contribution is -0.0195. The molecular weight excluding hydrogens is 272 g/mol. The van der Waals surface area contributed by atoms with Crippen molar-refractivity contribution >= 4 is 27.3 Å². The minimum atomic E-state index is 0.0857. The number of amides is 1. The number of likely N-dealkylation sites (N-methyl/N-ethyl adjacent to an activating group) is 1. The third kappa shape index (κ3) is 2.57. The van der Waals surface area contributed by atoms with Gasteiger partial charge < -0.3 is 15.0 Å². The van der Waals surface area contributed by atoms with E-state index in [1.54, 1.807) is 11.3 Å². The maximum absolute atomic E-state index is 12.7. The summed E-state index contributed by atoms with van der Waals surface area (Å²) >= 11 is 1.63. The van der Waals surface area contributed by atoms with Gasteiger partial charge in [-0.3, -0.25) is 4.79 Å². The van der Waals surface area contributed by atoms with Crippen LogP contribution in [0.4, 0.5) is 0 Å². The zero-order valence-electron chi connectivity index (χ0n) is 11.5. The van der Waals surface area contributed by atoms with Crippen LogP contribution in [0.15, 0.2) is 29.6 Å². The van der Waals surface area contributed by atoms with Gasteiger partial charge in [0.25, 0.3) is 5.91 Å². The van der Waals surface area contributed by atoms with Crippen molar-refractivity contribution in [1.29, 1.82) is 0 Å². The molecule has 1 saturated heterocycles. The fourth-order valence-electron chi connectivity index (χ4n) is 2.57. The number of fused-ring (bicyclic) bond motifs is 1. The maximum atomic E-state index is 12.7. The lowest BCUT2D eigenvalue weighted by atomic mass is 10.1. The number of hydrogen-bond donors (Lipinski definition) is 1. The van der Waals surface area contributed by atoms with Crippen LogP contribution >= 0.6 is 11.3 Å². The number of carbonyl (C=O) groups is 1. The van der Waals surface area contributed by atoms with Crippen LogP contribution in [0.2, 0.25) is 0 Å². The molecule has 1 aliphatic rings. The molecule has 0 aliphatic carbocycles. The Morgan fingerprint density at radius 3 is 3.20 bits per heavy atom. The van der Waals surface area contributed by atoms with Crippen molar-refractivity contribution < 1.29 is 9.53 Å². The summed E-state index contributed by atoms with van der Waals surface area (Å²) in [5, 5.41) is 6.12. The molecule has 0 spiro atoms. The Morgan fingerprint density at radius 2 is 2.35 bits per heavy atom. The molecule has 1 amide bonds. The molecule has 0 bridgehead atoms. The highest BCUT2D eigenvalue weighted by molar-refractivity contribution is 7.17. The van der Waals surface area contributed by atoms with Crippen molar-refractivity contribution in [2.45, 2.75) is 6.10 Å². The van der Waals surface area contributed by atoms with E-state index in [1.165, 1.54) is 0 Å². The normalized spacial score (nSPS) is 19.4. The van der Waals surface area contributed by atoms with Crippen molar-refractivity contribution in [2.24, 2.45) is 0 Å². The van der Waals surface area contributed by atoms with Gasteiger partial charge in [0, 0.05) is 35.1 Å². The fraction of sp³-hybridized carbons (Fsp3) is 0.400. The Bertz CT molecular complexity index is 609. The van der Waals surface area contributed by atoms with Gasteiger partial charge in [0.1, 0.15) is 0 Å². The Balaban J connectivity index is 1.81. The van der Waals surface area contributed by atoms with Crippen LogP contribution in [0.5, 0.6) is 0 Å². The summed E-state index contributed by atoms with van der Waals surface area (Å²) in [6, 6.07) is 8.06. The van der Waals surface area contributed by atoms with E-state index in [4.69, 9.17) is 4.74 Å². The smallest absolute Gasteiger partial charge is 0.255 e. The number of hydrogen-bond acceptors (Lipinski definition) is 4. The molecule has 1 aromatic carbocycles. The first-order valence-corrected chi connectivity index (χ1v) is 7.69. The van der Waals surface area contributed by atoms with Crippen molar-refractivity contribution in [3.05, 3.63) is 35.2 Å². The van der Waals surface area contributed by atoms with Gasteiger partial charge in [0.15, 0.2) is 0 Å². The monoisotopic (exact) mass is 290 g/mol. The Kier molecular flexibility index (Phi) is 4.00. The molecule has 1 fully saturated rings. The molecule has 0 saturated carbocycles. The van der Waals surface area contributed by atoms with E-state index in [-0.39, 0.29) is 12.0 Å². The lowest BCUT2D eigenvalue weighted by Crippen LogP contribution is -2.48. The van der Waals surface area contributed by atoms with Crippen molar-refractivity contribution in [3.63, 3.8) is 0 Å². The molecule has 106 valence electrons. The number of rotatable bonds is 3. The number of nitrogens with one attached hydrogen (secondary N) is 1. The third-order valence-corrected chi connectivity index (χ3v) is 4.53. The van der Waals surface area contributed by atoms with Gasteiger partial charge in [0.2, 0.25) is 0 Å². The summed E-state index contributed by atoms with van der Waals surface area (Å²) in [5.74, 6) is 0.117. The summed E-state index contributed by atoms with van der Waals surface area (Å²) in [5.41, 5.74) is 0.815. The van der Waals surface area contributed by atoms with Gasteiger partial charge >= 0.3 is 0 Å². The number of thiophene rings is 1. The lowest BCUT2D eigenvalue weighted by Gasteiger charge is -2.32. The predicted octanol–water partition coefficient (Wildman–Crippen LogP) is 1.96. The molecule has 1 unspecified atom stereocenters. The van der Waals surface area contributed by atoms with Gasteiger partial charge in [-0.25, -0.2) is 0 Å². The summed E-state index contributed by atoms with van der Waals surface area (Å²) in [7, 11) is 1.90. The Morgan fingerprint density at radius 1 is 1.50 bits per heavy atom. The highest BCUT2D eigenvalue weighted by Crippen LogP contribution is 2.27. The third-order valence-electron chi connectivity index (χ3n) is 3.57. The topological polar surface area (TPSA) is 41.6 Å². The number of carbonyl (C=O) groups excluding carboxylic acids is 1. The van der Waals surface area contributed by atoms with Crippen molar-refractivity contribution in [1.82, 2.24) is 10.2 Å². The molecule has 1 N–H and O–H groups in total. The zero-order valence-corrected chi connectivity index (χ0v) is 12.3. The summed E-state index contributed by atoms with van der Waals surface area (Å²) < 4.78 is 6.81. The summed E-state index contributed by atoms with van der Waals surface area (Å²) in [6.07, 6.45) is 0.0857. The number of nitrogens with zero attached hydrogens (tertiary/aromatic N) is 1. The SMILES string of the molecule is CNCC1CN(C(=O)c2csc3ccccc23)CCO1. The molecule has 4 nitrogen and oxygen atoms in total. The minimum Gasteiger partial charge on any atom is -0.373 e. The second-order valence-electron chi connectivity index (χ2n) is 4.95. The molecule has 3 rings (SSSR count). The minimum absolute atomic E-state index is 0.0857. The first-order chi connectivity index (χ1) is 9.79. The highest BCUT2D eigenvalue weighted by Gasteiger charge is 2.25. The molecule has 0 radical (unpaired) electrons. The molecular formula is C15H18N2O2S. The molecule has 1 aromatic heterocycles. The van der Waals surface area contributed by atoms with Crippen LogP contribution in [0.25, 0.3) is 10.1 Å². The van der Waals surface area contributed by atoms with E-state index in [0.29, 0.717) is 19.7 Å². The maximum Gasteiger partial charge on any atom is 0.255 e. The van der Waals surface area contributed by atoms with Crippen LogP contribution in [0.3, 0.4) is 0 Å². The van der Waals surface area contributed by atoms with Crippen molar-refractivity contribution in [2.75, 3.05) is 33.3 Å². The number of ether oxygens (including phenoxy) is 1. The van der Waals surface area contributed by atoms with Gasteiger partial charge in [0.05, 0.1) is 18.3 Å². The largest absolute Gasteiger partial charge is 0.373 e. The predicted molar refractivity (Wildman–Crippen MR) is 81.4 cm³/mol. The van der Waals surface area contributed by atoms with Gasteiger partial charge in [-0.2, -0.15) is 0 Å². The number of morpholine rings is 1. The quantitative estimate of drug-likeness (QED) is 0.939. The summed E-state index contributed by atoms with van der Waals surface area (Å²) in [4.78, 5) is 14.6. The van der Waals surface area contributed by atoms with Gasteiger partial charge in [-0.05, 0) is 13.1 Å². The van der Waals surface area contributed by atoms with E-state index in [9.17, 15) is 4.79 Å². The molecule has 1 atom stereocenters. The van der Waals surface area contributed by atoms with E-state index in [0.717, 1.165) is 22.2 Å². The second-order valence-corrected chi connectivity index (χ2v) is 5.86. The Labute approximate surface area is 122 Å². The molecule has 2 heterocycles. The average molecular weight is 290 g/mol. The van der Waals surface area contributed by atoms with E-state index < -0.39 is 0 Å². The molecule has 1 aliphatic heterocycles. The first-order valence-electron chi connectivity index (χ1n) is 6.81. The van der Waals surface area contributed by atoms with Crippen LogP contribution in [0, 0.1) is 0 Å². The molecule has 5 heteroatoms. The second kappa shape index (κ2) is 5.91. The van der Waals surface area contributed by atoms with Crippen LogP contribution in [-0.4, -0.2) is 50.2 Å². The number of benzene rings is 1. The zero-order chi connectivity index (χ0) is 13.9. The van der Waals surface area contributed by atoms with Crippen molar-refractivity contribution in [3.8, 4) is 0 Å². The highest BCUT2D eigenvalue weighted by atomic mass is 32.1. The van der Waals surface area contributed by atoms with Crippen LogP contribution in [-0.2, 0) is 4.74 Å². The standard InChI is InChI=1S/C15H18N2O2S/c1-16-8-11-9-17(6-7-19-11)15(18)13-10-20-14-5-3-2-4-12(13)14/h2-5,10-11,16H,6-9H2,1H3. The van der Waals surface area contributed by atoms with Gasteiger partial charge in [-0.15, -0.1) is 11.3 Å². The Hall–Kier alpha value is -1.43. The van der Waals surface area contributed by atoms with Gasteiger partial charge in [-0.1, -0.05) is 18.2 Å². The van der Waals surface area contributed by atoms with E-state index >= 15 is 0 Å². The average Bonchev–Trinajstić information content (AvgIpc) is 2.91. The van der Waals surface area contributed by atoms with E-state index in [1.807, 2.05) is 35.5 Å². The fourth-order valence-corrected chi connectivity index (χ4v) is 3.50. The molecule has 20 heavy (non-hydrogen) atoms. The van der Waals surface area contributed by atoms with E-state index in [2.05, 4.69) is 11.4 Å².